The lowest BCUT2D eigenvalue weighted by Gasteiger charge is -2.10. The second-order valence-electron chi connectivity index (χ2n) is 4.01. The minimum atomic E-state index is -4.84. The number of hydrogen-bond donors (Lipinski definition) is 1. The number of alkyl halides is 3. The Morgan fingerprint density at radius 1 is 1.25 bits per heavy atom. The number of benzene rings is 1. The summed E-state index contributed by atoms with van der Waals surface area (Å²) in [6, 6.07) is 3.71. The Labute approximate surface area is 111 Å². The summed E-state index contributed by atoms with van der Waals surface area (Å²) in [7, 11) is 0. The Bertz CT molecular complexity index is 605. The summed E-state index contributed by atoms with van der Waals surface area (Å²) in [4.78, 5) is 11.7. The van der Waals surface area contributed by atoms with Gasteiger partial charge in [-0.25, -0.2) is 4.39 Å². The Balaban J connectivity index is 2.14. The van der Waals surface area contributed by atoms with E-state index in [4.69, 9.17) is 4.42 Å². The standard InChI is InChI=1S/C13H9F4NO2/c14-11-2-1-9(5-10(11)13(15,16)17)12(19)18-6-8-3-4-20-7-8/h1-5,7H,6H2,(H,18,19). The Kier molecular flexibility index (Phi) is 3.78. The predicted molar refractivity (Wildman–Crippen MR) is 61.3 cm³/mol. The first-order valence-electron chi connectivity index (χ1n) is 5.54. The van der Waals surface area contributed by atoms with Crippen molar-refractivity contribution in [2.45, 2.75) is 12.7 Å². The van der Waals surface area contributed by atoms with Gasteiger partial charge in [0.15, 0.2) is 0 Å². The van der Waals surface area contributed by atoms with E-state index in [1.165, 1.54) is 12.5 Å². The number of halogens is 4. The average molecular weight is 287 g/mol. The van der Waals surface area contributed by atoms with Crippen molar-refractivity contribution in [2.24, 2.45) is 0 Å². The molecule has 106 valence electrons. The zero-order valence-electron chi connectivity index (χ0n) is 10.00. The molecule has 1 heterocycles. The molecule has 1 aromatic carbocycles. The second kappa shape index (κ2) is 5.36. The van der Waals surface area contributed by atoms with Gasteiger partial charge in [0.1, 0.15) is 5.82 Å². The lowest BCUT2D eigenvalue weighted by atomic mass is 10.1. The van der Waals surface area contributed by atoms with Gasteiger partial charge in [-0.3, -0.25) is 4.79 Å². The van der Waals surface area contributed by atoms with Gasteiger partial charge in [-0.1, -0.05) is 0 Å². The molecule has 20 heavy (non-hydrogen) atoms. The normalized spacial score (nSPS) is 11.4. The highest BCUT2D eigenvalue weighted by atomic mass is 19.4. The summed E-state index contributed by atoms with van der Waals surface area (Å²) in [5.41, 5.74) is -1.06. The van der Waals surface area contributed by atoms with E-state index in [0.29, 0.717) is 17.7 Å². The van der Waals surface area contributed by atoms with Crippen LogP contribution in [0.2, 0.25) is 0 Å². The van der Waals surface area contributed by atoms with Gasteiger partial charge in [0, 0.05) is 17.7 Å². The molecule has 0 fully saturated rings. The average Bonchev–Trinajstić information content (AvgIpc) is 2.88. The molecule has 0 atom stereocenters. The van der Waals surface area contributed by atoms with E-state index in [9.17, 15) is 22.4 Å². The van der Waals surface area contributed by atoms with Crippen LogP contribution in [-0.4, -0.2) is 5.91 Å². The number of hydrogen-bond acceptors (Lipinski definition) is 2. The predicted octanol–water partition coefficient (Wildman–Crippen LogP) is 3.37. The van der Waals surface area contributed by atoms with Gasteiger partial charge in [-0.15, -0.1) is 0 Å². The highest BCUT2D eigenvalue weighted by molar-refractivity contribution is 5.94. The SMILES string of the molecule is O=C(NCc1ccoc1)c1ccc(F)c(C(F)(F)F)c1. The molecule has 3 nitrogen and oxygen atoms in total. The molecule has 0 aliphatic heterocycles. The van der Waals surface area contributed by atoms with Crippen LogP contribution in [0, 0.1) is 5.82 Å². The molecule has 0 unspecified atom stereocenters. The van der Waals surface area contributed by atoms with Gasteiger partial charge in [0.2, 0.25) is 0 Å². The van der Waals surface area contributed by atoms with Crippen molar-refractivity contribution in [2.75, 3.05) is 0 Å². The maximum Gasteiger partial charge on any atom is 0.419 e. The van der Waals surface area contributed by atoms with Crippen molar-refractivity contribution >= 4 is 5.91 Å². The molecule has 0 saturated heterocycles. The van der Waals surface area contributed by atoms with E-state index < -0.39 is 23.5 Å². The third-order valence-corrected chi connectivity index (χ3v) is 2.57. The minimum absolute atomic E-state index is 0.105. The molecule has 2 aromatic rings. The Hall–Kier alpha value is -2.31. The molecule has 0 spiro atoms. The molecule has 2 rings (SSSR count). The molecule has 1 amide bonds. The van der Waals surface area contributed by atoms with Gasteiger partial charge in [0.25, 0.3) is 5.91 Å². The summed E-state index contributed by atoms with van der Waals surface area (Å²) >= 11 is 0. The summed E-state index contributed by atoms with van der Waals surface area (Å²) in [6.07, 6.45) is -2.04. The third kappa shape index (κ3) is 3.17. The maximum atomic E-state index is 13.1. The van der Waals surface area contributed by atoms with Crippen molar-refractivity contribution < 1.29 is 26.8 Å². The first kappa shape index (κ1) is 14.1. The van der Waals surface area contributed by atoms with Gasteiger partial charge in [-0.05, 0) is 24.3 Å². The summed E-state index contributed by atoms with van der Waals surface area (Å²) < 4.78 is 55.4. The van der Waals surface area contributed by atoms with Crippen LogP contribution in [0.4, 0.5) is 17.6 Å². The lowest BCUT2D eigenvalue weighted by Crippen LogP contribution is -2.23. The van der Waals surface area contributed by atoms with E-state index in [2.05, 4.69) is 5.32 Å². The zero-order chi connectivity index (χ0) is 14.8. The molecule has 0 bridgehead atoms. The third-order valence-electron chi connectivity index (χ3n) is 2.57. The highest BCUT2D eigenvalue weighted by Gasteiger charge is 2.34. The fourth-order valence-corrected chi connectivity index (χ4v) is 1.56. The lowest BCUT2D eigenvalue weighted by molar-refractivity contribution is -0.140. The van der Waals surface area contributed by atoms with Crippen LogP contribution in [0.5, 0.6) is 0 Å². The number of furan rings is 1. The molecule has 1 N–H and O–H groups in total. The largest absolute Gasteiger partial charge is 0.472 e. The zero-order valence-corrected chi connectivity index (χ0v) is 10.00. The van der Waals surface area contributed by atoms with Crippen molar-refractivity contribution in [3.8, 4) is 0 Å². The summed E-state index contributed by atoms with van der Waals surface area (Å²) in [5, 5.41) is 2.41. The molecule has 0 aliphatic rings. The first-order chi connectivity index (χ1) is 9.38. The molecule has 1 aromatic heterocycles. The van der Waals surface area contributed by atoms with E-state index in [0.717, 1.165) is 6.07 Å². The van der Waals surface area contributed by atoms with Crippen molar-refractivity contribution in [3.05, 3.63) is 59.3 Å². The van der Waals surface area contributed by atoms with Crippen LogP contribution < -0.4 is 5.32 Å². The van der Waals surface area contributed by atoms with E-state index in [-0.39, 0.29) is 12.1 Å². The van der Waals surface area contributed by atoms with Crippen molar-refractivity contribution in [1.82, 2.24) is 5.32 Å². The van der Waals surface area contributed by atoms with Crippen molar-refractivity contribution in [3.63, 3.8) is 0 Å². The smallest absolute Gasteiger partial charge is 0.419 e. The van der Waals surface area contributed by atoms with Gasteiger partial charge < -0.3 is 9.73 Å². The van der Waals surface area contributed by atoms with Crippen LogP contribution in [0.3, 0.4) is 0 Å². The fraction of sp³-hybridized carbons (Fsp3) is 0.154. The van der Waals surface area contributed by atoms with E-state index in [1.807, 2.05) is 0 Å². The first-order valence-corrected chi connectivity index (χ1v) is 5.54. The number of amides is 1. The van der Waals surface area contributed by atoms with Crippen LogP contribution in [-0.2, 0) is 12.7 Å². The number of nitrogens with one attached hydrogen (secondary N) is 1. The Morgan fingerprint density at radius 2 is 2.00 bits per heavy atom. The summed E-state index contributed by atoms with van der Waals surface area (Å²) in [5.74, 6) is -2.14. The number of carbonyl (C=O) groups excluding carboxylic acids is 1. The van der Waals surface area contributed by atoms with Gasteiger partial charge in [-0.2, -0.15) is 13.2 Å². The molecular formula is C13H9F4NO2. The molecular weight excluding hydrogens is 278 g/mol. The molecule has 0 saturated carbocycles. The van der Waals surface area contributed by atoms with E-state index in [1.54, 1.807) is 6.07 Å². The minimum Gasteiger partial charge on any atom is -0.472 e. The second-order valence-corrected chi connectivity index (χ2v) is 4.01. The van der Waals surface area contributed by atoms with Gasteiger partial charge >= 0.3 is 6.18 Å². The topological polar surface area (TPSA) is 42.2 Å². The maximum absolute atomic E-state index is 13.1. The van der Waals surface area contributed by atoms with E-state index >= 15 is 0 Å². The monoisotopic (exact) mass is 287 g/mol. The molecule has 0 aliphatic carbocycles. The van der Waals surface area contributed by atoms with Crippen LogP contribution in [0.1, 0.15) is 21.5 Å². The molecule has 7 heteroatoms. The van der Waals surface area contributed by atoms with Crippen LogP contribution in [0.15, 0.2) is 41.2 Å². The van der Waals surface area contributed by atoms with Crippen molar-refractivity contribution in [1.29, 1.82) is 0 Å². The van der Waals surface area contributed by atoms with Gasteiger partial charge in [0.05, 0.1) is 18.1 Å². The number of rotatable bonds is 3. The highest BCUT2D eigenvalue weighted by Crippen LogP contribution is 2.31. The van der Waals surface area contributed by atoms with Crippen LogP contribution in [0.25, 0.3) is 0 Å². The quantitative estimate of drug-likeness (QED) is 0.879. The number of carbonyl (C=O) groups is 1. The molecule has 0 radical (unpaired) electrons. The van der Waals surface area contributed by atoms with Crippen LogP contribution >= 0.6 is 0 Å². The summed E-state index contributed by atoms with van der Waals surface area (Å²) in [6.45, 7) is 0.105. The fourth-order valence-electron chi connectivity index (χ4n) is 1.56. The Morgan fingerprint density at radius 3 is 2.60 bits per heavy atom.